The number of benzene rings is 2. The van der Waals surface area contributed by atoms with E-state index in [1.54, 1.807) is 50.4 Å². The van der Waals surface area contributed by atoms with Gasteiger partial charge in [-0.2, -0.15) is 0 Å². The van der Waals surface area contributed by atoms with Gasteiger partial charge in [0.25, 0.3) is 5.91 Å². The van der Waals surface area contributed by atoms with Crippen LogP contribution in [0.4, 0.5) is 5.82 Å². The van der Waals surface area contributed by atoms with Crippen molar-refractivity contribution < 1.29 is 23.2 Å². The number of aromatic nitrogens is 1. The Kier molecular flexibility index (Phi) is 4.51. The SMILES string of the molecule is COc1ccc(C2c3c(oc4ccc(C)cc4c3=O)C(=O)N2c2cc(C)on2)cc1OC. The first-order valence-corrected chi connectivity index (χ1v) is 9.99. The minimum Gasteiger partial charge on any atom is -0.493 e. The fraction of sp³-hybridized carbons (Fsp3) is 0.208. The number of fused-ring (bicyclic) bond motifs is 2. The lowest BCUT2D eigenvalue weighted by atomic mass is 9.97. The number of hydrogen-bond donors (Lipinski definition) is 0. The normalized spacial score (nSPS) is 15.3. The zero-order valence-electron chi connectivity index (χ0n) is 18.0. The average molecular weight is 432 g/mol. The number of carbonyl (C=O) groups is 1. The van der Waals surface area contributed by atoms with E-state index in [1.165, 1.54) is 12.0 Å². The number of hydrogen-bond acceptors (Lipinski definition) is 7. The molecule has 1 atom stereocenters. The zero-order chi connectivity index (χ0) is 22.6. The van der Waals surface area contributed by atoms with Crippen LogP contribution < -0.4 is 19.8 Å². The smallest absolute Gasteiger partial charge is 0.296 e. The summed E-state index contributed by atoms with van der Waals surface area (Å²) in [5, 5.41) is 4.44. The van der Waals surface area contributed by atoms with Crippen molar-refractivity contribution in [3.63, 3.8) is 0 Å². The summed E-state index contributed by atoms with van der Waals surface area (Å²) >= 11 is 0. The van der Waals surface area contributed by atoms with E-state index in [9.17, 15) is 9.59 Å². The van der Waals surface area contributed by atoms with Gasteiger partial charge in [0.2, 0.25) is 5.76 Å². The molecule has 1 aliphatic rings. The zero-order valence-corrected chi connectivity index (χ0v) is 18.0. The number of amides is 1. The van der Waals surface area contributed by atoms with Crippen molar-refractivity contribution >= 4 is 22.7 Å². The molecule has 5 rings (SSSR count). The van der Waals surface area contributed by atoms with E-state index >= 15 is 0 Å². The molecule has 1 unspecified atom stereocenters. The van der Waals surface area contributed by atoms with Crippen LogP contribution in [0.2, 0.25) is 0 Å². The van der Waals surface area contributed by atoms with Crippen LogP contribution in [0.3, 0.4) is 0 Å². The minimum absolute atomic E-state index is 0.00760. The van der Waals surface area contributed by atoms with Crippen molar-refractivity contribution in [2.45, 2.75) is 19.9 Å². The lowest BCUT2D eigenvalue weighted by Gasteiger charge is -2.23. The molecule has 0 fully saturated rings. The maximum absolute atomic E-state index is 13.6. The molecule has 162 valence electrons. The van der Waals surface area contributed by atoms with Gasteiger partial charge < -0.3 is 18.4 Å². The highest BCUT2D eigenvalue weighted by Gasteiger charge is 2.45. The minimum atomic E-state index is -0.775. The Morgan fingerprint density at radius 2 is 1.75 bits per heavy atom. The fourth-order valence-electron chi connectivity index (χ4n) is 4.13. The number of carbonyl (C=O) groups excluding carboxylic acids is 1. The van der Waals surface area contributed by atoms with E-state index in [-0.39, 0.29) is 16.8 Å². The molecule has 0 spiro atoms. The van der Waals surface area contributed by atoms with Crippen molar-refractivity contribution in [1.29, 1.82) is 0 Å². The average Bonchev–Trinajstić information content (AvgIpc) is 3.34. The van der Waals surface area contributed by atoms with Gasteiger partial charge in [0, 0.05) is 6.07 Å². The van der Waals surface area contributed by atoms with Crippen molar-refractivity contribution in [2.75, 3.05) is 19.1 Å². The van der Waals surface area contributed by atoms with Gasteiger partial charge in [0.05, 0.1) is 31.2 Å². The highest BCUT2D eigenvalue weighted by Crippen LogP contribution is 2.43. The van der Waals surface area contributed by atoms with Crippen molar-refractivity contribution in [3.8, 4) is 11.5 Å². The predicted molar refractivity (Wildman–Crippen MR) is 117 cm³/mol. The summed E-state index contributed by atoms with van der Waals surface area (Å²) in [6.45, 7) is 3.63. The van der Waals surface area contributed by atoms with Gasteiger partial charge in [-0.3, -0.25) is 14.5 Å². The van der Waals surface area contributed by atoms with Crippen LogP contribution >= 0.6 is 0 Å². The number of nitrogens with zero attached hydrogens (tertiary/aromatic N) is 2. The maximum atomic E-state index is 13.6. The summed E-state index contributed by atoms with van der Waals surface area (Å²) in [7, 11) is 3.07. The van der Waals surface area contributed by atoms with Crippen LogP contribution in [-0.2, 0) is 0 Å². The highest BCUT2D eigenvalue weighted by atomic mass is 16.5. The van der Waals surface area contributed by atoms with E-state index in [2.05, 4.69) is 5.16 Å². The van der Waals surface area contributed by atoms with E-state index in [0.29, 0.717) is 39.6 Å². The third-order valence-corrected chi connectivity index (χ3v) is 5.61. The molecule has 32 heavy (non-hydrogen) atoms. The molecule has 2 aromatic heterocycles. The second kappa shape index (κ2) is 7.26. The number of anilines is 1. The van der Waals surface area contributed by atoms with Crippen LogP contribution in [-0.4, -0.2) is 25.3 Å². The molecule has 0 N–H and O–H groups in total. The third-order valence-electron chi connectivity index (χ3n) is 5.61. The molecular formula is C24H20N2O6. The topological polar surface area (TPSA) is 95.0 Å². The fourth-order valence-corrected chi connectivity index (χ4v) is 4.13. The predicted octanol–water partition coefficient (Wildman–Crippen LogP) is 4.16. The summed E-state index contributed by atoms with van der Waals surface area (Å²) in [4.78, 5) is 28.5. The Balaban J connectivity index is 1.81. The molecule has 8 heteroatoms. The summed E-state index contributed by atoms with van der Waals surface area (Å²) in [5.74, 6) is 1.36. The molecule has 3 heterocycles. The Labute approximate surface area is 182 Å². The molecule has 8 nitrogen and oxygen atoms in total. The molecule has 2 aromatic carbocycles. The highest BCUT2D eigenvalue weighted by molar-refractivity contribution is 6.10. The van der Waals surface area contributed by atoms with Gasteiger partial charge >= 0.3 is 0 Å². The first-order valence-electron chi connectivity index (χ1n) is 9.99. The van der Waals surface area contributed by atoms with E-state index in [0.717, 1.165) is 5.56 Å². The van der Waals surface area contributed by atoms with E-state index < -0.39 is 11.9 Å². The maximum Gasteiger partial charge on any atom is 0.296 e. The van der Waals surface area contributed by atoms with Crippen LogP contribution in [0.1, 0.15) is 39.0 Å². The molecule has 4 aromatic rings. The van der Waals surface area contributed by atoms with Crippen LogP contribution in [0.15, 0.2) is 56.2 Å². The van der Waals surface area contributed by atoms with Crippen LogP contribution in [0.25, 0.3) is 11.0 Å². The number of aryl methyl sites for hydroxylation is 2. The largest absolute Gasteiger partial charge is 0.493 e. The van der Waals surface area contributed by atoms with Crippen molar-refractivity contribution in [3.05, 3.63) is 80.9 Å². The lowest BCUT2D eigenvalue weighted by Crippen LogP contribution is -2.29. The molecule has 0 aliphatic carbocycles. The van der Waals surface area contributed by atoms with Gasteiger partial charge in [-0.1, -0.05) is 22.9 Å². The van der Waals surface area contributed by atoms with Crippen molar-refractivity contribution in [2.24, 2.45) is 0 Å². The van der Waals surface area contributed by atoms with Gasteiger partial charge in [0.15, 0.2) is 22.7 Å². The molecule has 0 saturated carbocycles. The van der Waals surface area contributed by atoms with Gasteiger partial charge in [0.1, 0.15) is 11.3 Å². The molecule has 0 saturated heterocycles. The molecular weight excluding hydrogens is 412 g/mol. The standard InChI is InChI=1S/C24H20N2O6/c1-12-5-7-16-15(9-12)22(27)20-21(14-6-8-17(29-3)18(11-14)30-4)26(24(28)23(20)31-16)19-10-13(2)32-25-19/h5-11,21H,1-4H3. The molecule has 1 amide bonds. The van der Waals surface area contributed by atoms with Crippen LogP contribution in [0, 0.1) is 13.8 Å². The molecule has 0 radical (unpaired) electrons. The first-order chi connectivity index (χ1) is 15.4. The Hall–Kier alpha value is -4.07. The number of rotatable bonds is 4. The number of methoxy groups -OCH3 is 2. The number of ether oxygens (including phenoxy) is 2. The quantitative estimate of drug-likeness (QED) is 0.478. The summed E-state index contributed by atoms with van der Waals surface area (Å²) < 4.78 is 22.0. The Morgan fingerprint density at radius 1 is 0.969 bits per heavy atom. The van der Waals surface area contributed by atoms with Crippen LogP contribution in [0.5, 0.6) is 11.5 Å². The van der Waals surface area contributed by atoms with Gasteiger partial charge in [-0.05, 0) is 43.7 Å². The molecule has 1 aliphatic heterocycles. The Bertz CT molecular complexity index is 1430. The van der Waals surface area contributed by atoms with Gasteiger partial charge in [-0.15, -0.1) is 0 Å². The summed E-state index contributed by atoms with van der Waals surface area (Å²) in [6.07, 6.45) is 0. The van der Waals surface area contributed by atoms with E-state index in [4.69, 9.17) is 18.4 Å². The summed E-state index contributed by atoms with van der Waals surface area (Å²) in [6, 6.07) is 11.4. The van der Waals surface area contributed by atoms with Crippen molar-refractivity contribution in [1.82, 2.24) is 5.16 Å². The monoisotopic (exact) mass is 432 g/mol. The molecule has 0 bridgehead atoms. The second-order valence-corrected chi connectivity index (χ2v) is 7.66. The summed E-state index contributed by atoms with van der Waals surface area (Å²) in [5.41, 5.74) is 1.91. The first kappa shape index (κ1) is 19.9. The lowest BCUT2D eigenvalue weighted by molar-refractivity contribution is 0.0969. The Morgan fingerprint density at radius 3 is 2.44 bits per heavy atom. The second-order valence-electron chi connectivity index (χ2n) is 7.66. The van der Waals surface area contributed by atoms with E-state index in [1.807, 2.05) is 13.0 Å². The van der Waals surface area contributed by atoms with Gasteiger partial charge in [-0.25, -0.2) is 0 Å². The third kappa shape index (κ3) is 2.87.